The summed E-state index contributed by atoms with van der Waals surface area (Å²) in [6.45, 7) is 16.8. The maximum absolute atomic E-state index is 12.3. The summed E-state index contributed by atoms with van der Waals surface area (Å²) in [6.07, 6.45) is 3.67. The molecule has 8 rings (SSSR count). The van der Waals surface area contributed by atoms with Gasteiger partial charge in [0.05, 0.1) is 26.2 Å². The smallest absolute Gasteiger partial charge is 0.331 e. The molecule has 0 aromatic carbocycles. The van der Waals surface area contributed by atoms with Crippen LogP contribution in [0.1, 0.15) is 41.0 Å². The lowest BCUT2D eigenvalue weighted by atomic mass is 10.3. The van der Waals surface area contributed by atoms with Gasteiger partial charge in [-0.15, -0.1) is 0 Å². The van der Waals surface area contributed by atoms with Crippen LogP contribution in [0.4, 0.5) is 0 Å². The number of nitrogens with one attached hydrogen (secondary N) is 5. The van der Waals surface area contributed by atoms with Gasteiger partial charge in [0.25, 0.3) is 16.7 Å². The fourth-order valence-corrected chi connectivity index (χ4v) is 10.9. The summed E-state index contributed by atoms with van der Waals surface area (Å²) in [5.41, 5.74) is -3.66. The first-order valence-corrected chi connectivity index (χ1v) is 33.1. The van der Waals surface area contributed by atoms with Gasteiger partial charge in [-0.1, -0.05) is 29.7 Å². The normalized spacial score (nSPS) is 15.2. The Morgan fingerprint density at radius 3 is 1.01 bits per heavy atom. The molecule has 0 aliphatic carbocycles. The predicted molar refractivity (Wildman–Crippen MR) is 394 cm³/mol. The summed E-state index contributed by atoms with van der Waals surface area (Å²) in [7, 11) is 8.15. The number of likely N-dealkylation sites (N-methyl/N-ethyl adjacent to an activating group) is 4. The Bertz CT molecular complexity index is 3920. The molecular formula is C66H113N21O19. The molecule has 4 aromatic rings. The van der Waals surface area contributed by atoms with E-state index in [2.05, 4.69) is 45.8 Å². The Morgan fingerprint density at radius 1 is 0.368 bits per heavy atom. The first-order valence-electron chi connectivity index (χ1n) is 33.1. The van der Waals surface area contributed by atoms with Crippen LogP contribution >= 0.6 is 0 Å². The van der Waals surface area contributed by atoms with Gasteiger partial charge in [0, 0.05) is 199 Å². The molecule has 40 heteroatoms. The van der Waals surface area contributed by atoms with Gasteiger partial charge in [0.2, 0.25) is 23.6 Å². The fraction of sp³-hybridized carbons (Fsp3) is 0.636. The van der Waals surface area contributed by atoms with Crippen molar-refractivity contribution in [3.63, 3.8) is 0 Å². The van der Waals surface area contributed by atoms with E-state index in [9.17, 15) is 71.9 Å². The maximum atomic E-state index is 12.3. The molecule has 4 aromatic heterocycles. The summed E-state index contributed by atoms with van der Waals surface area (Å²) in [4.78, 5) is 193. The predicted octanol–water partition coefficient (Wildman–Crippen LogP) is -6.89. The highest BCUT2D eigenvalue weighted by atomic mass is 16.4. The van der Waals surface area contributed by atoms with E-state index in [1.54, 1.807) is 0 Å². The first kappa shape index (κ1) is 94.2. The fourth-order valence-electron chi connectivity index (χ4n) is 10.9. The second-order valence-corrected chi connectivity index (χ2v) is 25.1. The molecule has 0 unspecified atom stereocenters. The summed E-state index contributed by atoms with van der Waals surface area (Å²) in [6, 6.07) is 3.71. The Kier molecular flexibility index (Phi) is 41.6. The lowest BCUT2D eigenvalue weighted by Crippen LogP contribution is -2.49. The largest absolute Gasteiger partial charge is 0.480 e. The zero-order valence-corrected chi connectivity index (χ0v) is 58.7. The van der Waals surface area contributed by atoms with E-state index >= 15 is 0 Å². The van der Waals surface area contributed by atoms with Gasteiger partial charge in [-0.3, -0.25) is 114 Å². The molecule has 4 aliphatic rings. The van der Waals surface area contributed by atoms with Gasteiger partial charge < -0.3 is 61.3 Å². The molecule has 4 fully saturated rings. The highest BCUT2D eigenvalue weighted by Crippen LogP contribution is 2.02. The zero-order chi connectivity index (χ0) is 75.3. The minimum atomic E-state index is -1.17. The van der Waals surface area contributed by atoms with Gasteiger partial charge in [-0.05, 0) is 48.1 Å². The Hall–Kier alpha value is -9.84. The Balaban J connectivity index is 0.000000698. The number of aromatic nitrogens is 8. The van der Waals surface area contributed by atoms with Crippen molar-refractivity contribution < 1.29 is 58.8 Å². The molecular weight excluding hydrogens is 1390 g/mol. The van der Waals surface area contributed by atoms with E-state index in [-0.39, 0.29) is 142 Å². The number of aryl methyl sites for hydroxylation is 2. The number of carboxylic acid groups (broad SMARTS) is 4. The minimum Gasteiger partial charge on any atom is -0.480 e. The number of aliphatic carboxylic acids is 4. The van der Waals surface area contributed by atoms with Crippen LogP contribution in [0.25, 0.3) is 0 Å². The van der Waals surface area contributed by atoms with Crippen molar-refractivity contribution >= 4 is 47.5 Å². The van der Waals surface area contributed by atoms with Crippen molar-refractivity contribution in [2.24, 2.45) is 0 Å². The monoisotopic (exact) mass is 1500 g/mol. The molecule has 40 nitrogen and oxygen atoms in total. The summed E-state index contributed by atoms with van der Waals surface area (Å²) >= 11 is 0. The molecule has 106 heavy (non-hydrogen) atoms. The third-order valence-electron chi connectivity index (χ3n) is 16.9. The Morgan fingerprint density at radius 2 is 0.660 bits per heavy atom. The second kappa shape index (κ2) is 46.9. The first-order chi connectivity index (χ1) is 48.3. The molecule has 0 bridgehead atoms. The van der Waals surface area contributed by atoms with Gasteiger partial charge in [-0.25, -0.2) is 19.2 Å². The molecule has 596 valence electrons. The average Bonchev–Trinajstić information content (AvgIpc) is 0.822. The molecule has 0 radical (unpaired) electrons. The molecule has 0 saturated carbocycles. The van der Waals surface area contributed by atoms with Crippen molar-refractivity contribution in [2.75, 3.05) is 185 Å². The van der Waals surface area contributed by atoms with Crippen LogP contribution in [-0.2, 0) is 90.7 Å². The number of piperazine rings is 4. The Labute approximate surface area is 614 Å². The van der Waals surface area contributed by atoms with Crippen LogP contribution < -0.4 is 66.2 Å². The highest BCUT2D eigenvalue weighted by molar-refractivity contribution is 5.79. The third-order valence-corrected chi connectivity index (χ3v) is 16.9. The van der Waals surface area contributed by atoms with E-state index < -0.39 is 89.5 Å². The molecule has 0 spiro atoms. The minimum absolute atomic E-state index is 0. The summed E-state index contributed by atoms with van der Waals surface area (Å²) < 4.78 is 7.90. The average molecular weight is 1500 g/mol. The van der Waals surface area contributed by atoms with Gasteiger partial charge in [0.15, 0.2) is 0 Å². The van der Waals surface area contributed by atoms with Crippen LogP contribution in [-0.4, -0.2) is 329 Å². The van der Waals surface area contributed by atoms with Crippen LogP contribution in [0.3, 0.4) is 0 Å². The van der Waals surface area contributed by atoms with E-state index in [0.717, 1.165) is 154 Å². The van der Waals surface area contributed by atoms with Crippen molar-refractivity contribution in [1.82, 2.24) is 97.0 Å². The molecule has 9 N–H and O–H groups in total. The van der Waals surface area contributed by atoms with Crippen molar-refractivity contribution in [1.29, 1.82) is 5.41 Å². The number of carbonyl (C=O) groups excluding carboxylic acids is 4. The third kappa shape index (κ3) is 31.9. The number of hydrogen-bond donors (Lipinski definition) is 9. The quantitative estimate of drug-likeness (QED) is 0.0255. The zero-order valence-electron chi connectivity index (χ0n) is 58.7. The molecule has 0 atom stereocenters. The van der Waals surface area contributed by atoms with Crippen molar-refractivity contribution in [3.05, 3.63) is 127 Å². The van der Waals surface area contributed by atoms with Crippen LogP contribution in [0.5, 0.6) is 0 Å². The molecule has 8 heterocycles. The number of hydrogen-bond acceptors (Lipinski definition) is 24. The number of amides is 4. The van der Waals surface area contributed by atoms with E-state index in [1.807, 2.05) is 42.9 Å². The van der Waals surface area contributed by atoms with E-state index in [0.29, 0.717) is 6.54 Å². The number of rotatable bonds is 28. The molecule has 4 aliphatic heterocycles. The lowest BCUT2D eigenvalue weighted by molar-refractivity contribution is -0.138. The highest BCUT2D eigenvalue weighted by Gasteiger charge is 2.22. The van der Waals surface area contributed by atoms with Crippen molar-refractivity contribution in [2.45, 2.75) is 95.9 Å². The molecule has 4 amide bonds. The van der Waals surface area contributed by atoms with Gasteiger partial charge in [-0.2, -0.15) is 0 Å². The molecule has 4 saturated heterocycles. The number of nitrogens with zero attached hydrogens (tertiary/aromatic N) is 16. The van der Waals surface area contributed by atoms with Gasteiger partial charge >= 0.3 is 46.6 Å². The summed E-state index contributed by atoms with van der Waals surface area (Å²) in [5, 5.41) is 53.9. The topological polar surface area (TPSA) is 474 Å². The van der Waals surface area contributed by atoms with Gasteiger partial charge in [0.1, 0.15) is 31.7 Å². The van der Waals surface area contributed by atoms with Crippen molar-refractivity contribution in [3.8, 4) is 0 Å². The number of carbonyl (C=O) groups is 8. The van der Waals surface area contributed by atoms with E-state index in [4.69, 9.17) is 25.8 Å². The van der Waals surface area contributed by atoms with Crippen LogP contribution in [0, 0.1) is 19.3 Å². The lowest BCUT2D eigenvalue weighted by Gasteiger charge is -2.31. The number of carboxylic acids is 4. The van der Waals surface area contributed by atoms with Crippen LogP contribution in [0.15, 0.2) is 70.4 Å². The summed E-state index contributed by atoms with van der Waals surface area (Å²) in [5.74, 6) is -5.27. The second-order valence-electron chi connectivity index (χ2n) is 25.1. The SMILES string of the molecule is C.C.C.C.CN1CCN(CC(=O)NCCn2c(=N)ccn(CC(=O)O)c2=O)CC1.CN1CCN(CC(=O)NCCn2c(=O)ccn(CC(=O)O)c2=O)CC1.Cc1cc(=O)n(CCNC(=O)CN2CCN(C)CC2)c(=O)n1CC(=O)O.Cc1cn(CC(=O)O)c(=O)n(CCNC(=O)CN2CCN(C)CC2)c1=O. The maximum Gasteiger partial charge on any atom is 0.331 e. The van der Waals surface area contributed by atoms with E-state index in [1.165, 1.54) is 38.4 Å². The standard InChI is InChI=1S/2C16H25N5O5.C15H24N6O4.C15H23N5O5.4CH4/c1-12-9-20(11-14(23)24)16(26)21(15(12)25)4-3-17-13(22)10-19-7-5-18(2)6-8-19;1-12-9-14(23)20(16(26)21(12)11-15(24)25)4-3-17-13(22)10-19-7-5-18(2)6-8-19;1-18-6-8-19(9-7-18)10-13(22)17-3-5-21-12(16)2-4-20(15(21)25)11-14(23)24;1-17-6-8-18(9-7-17)10-12(21)16-3-5-20-13(22)2-4-19(15(20)25)11-14(23)24;;;;/h9H,3-8,10-11H2,1-2H3,(H,17,22)(H,23,24);9H,3-8,10-11H2,1-2H3,(H,17,22)(H,24,25);2,4,16H,3,5-11H2,1H3,(H,17,22)(H,23,24);2,4H,3,5-11H2,1H3,(H,16,21)(H,23,24);4*1H4. The van der Waals surface area contributed by atoms with Crippen LogP contribution in [0.2, 0.25) is 0 Å².